The molecule has 18 heavy (non-hydrogen) atoms. The van der Waals surface area contributed by atoms with E-state index in [9.17, 15) is 18.0 Å². The zero-order valence-corrected chi connectivity index (χ0v) is 10.9. The second-order valence-electron chi connectivity index (χ2n) is 3.18. The normalized spacial score (nSPS) is 11.4. The standard InChI is InChI=1S/C9H8F3IN2O3/c10-9(11,12)18-6-3-15-5(1-7(16)17)8(13)4(6)2-14/h3H,1-2,14H2,(H,16,17). The molecule has 1 rings (SSSR count). The Balaban J connectivity index is 3.16. The number of nitrogens with zero attached hydrogens (tertiary/aromatic N) is 1. The molecular weight excluding hydrogens is 368 g/mol. The van der Waals surface area contributed by atoms with Crippen LogP contribution in [0.5, 0.6) is 5.75 Å². The molecule has 0 aliphatic heterocycles. The van der Waals surface area contributed by atoms with Gasteiger partial charge in [0.2, 0.25) is 0 Å². The fourth-order valence-corrected chi connectivity index (χ4v) is 2.04. The molecule has 0 spiro atoms. The zero-order valence-electron chi connectivity index (χ0n) is 8.79. The van der Waals surface area contributed by atoms with E-state index < -0.39 is 24.5 Å². The van der Waals surface area contributed by atoms with E-state index in [1.165, 1.54) is 0 Å². The average molecular weight is 376 g/mol. The van der Waals surface area contributed by atoms with Crippen LogP contribution in [0, 0.1) is 3.57 Å². The highest BCUT2D eigenvalue weighted by Gasteiger charge is 2.32. The highest BCUT2D eigenvalue weighted by atomic mass is 127. The number of carboxylic acids is 1. The van der Waals surface area contributed by atoms with E-state index >= 15 is 0 Å². The van der Waals surface area contributed by atoms with Gasteiger partial charge in [0.05, 0.1) is 18.3 Å². The maximum atomic E-state index is 12.1. The van der Waals surface area contributed by atoms with Crippen LogP contribution in [0.25, 0.3) is 0 Å². The van der Waals surface area contributed by atoms with Crippen LogP contribution in [0.1, 0.15) is 11.3 Å². The third-order valence-electron chi connectivity index (χ3n) is 1.90. The number of hydrogen-bond donors (Lipinski definition) is 2. The van der Waals surface area contributed by atoms with E-state index in [1.807, 2.05) is 0 Å². The van der Waals surface area contributed by atoms with E-state index in [2.05, 4.69) is 9.72 Å². The lowest BCUT2D eigenvalue weighted by molar-refractivity contribution is -0.275. The smallest absolute Gasteiger partial charge is 0.481 e. The zero-order chi connectivity index (χ0) is 13.9. The molecule has 0 fully saturated rings. The Morgan fingerprint density at radius 1 is 1.56 bits per heavy atom. The molecule has 100 valence electrons. The Hall–Kier alpha value is -1.10. The van der Waals surface area contributed by atoms with Crippen LogP contribution in [-0.2, 0) is 17.8 Å². The Morgan fingerprint density at radius 2 is 2.17 bits per heavy atom. The summed E-state index contributed by atoms with van der Waals surface area (Å²) in [4.78, 5) is 14.2. The molecule has 0 saturated carbocycles. The van der Waals surface area contributed by atoms with Crippen molar-refractivity contribution in [2.45, 2.75) is 19.3 Å². The number of rotatable bonds is 4. The molecule has 0 atom stereocenters. The van der Waals surface area contributed by atoms with Crippen LogP contribution in [0.15, 0.2) is 6.20 Å². The van der Waals surface area contributed by atoms with Crippen LogP contribution in [0.4, 0.5) is 13.2 Å². The van der Waals surface area contributed by atoms with E-state index in [1.54, 1.807) is 22.6 Å². The molecule has 0 bridgehead atoms. The predicted molar refractivity (Wildman–Crippen MR) is 62.9 cm³/mol. The van der Waals surface area contributed by atoms with Gasteiger partial charge in [-0.1, -0.05) is 0 Å². The molecule has 0 aromatic carbocycles. The van der Waals surface area contributed by atoms with Gasteiger partial charge in [0, 0.05) is 15.7 Å². The van der Waals surface area contributed by atoms with Crippen molar-refractivity contribution in [2.24, 2.45) is 5.73 Å². The summed E-state index contributed by atoms with van der Waals surface area (Å²) in [5.74, 6) is -1.64. The Bertz CT molecular complexity index is 465. The molecule has 0 radical (unpaired) electrons. The van der Waals surface area contributed by atoms with Crippen LogP contribution in [0.3, 0.4) is 0 Å². The number of pyridine rings is 1. The third kappa shape index (κ3) is 3.98. The van der Waals surface area contributed by atoms with Crippen molar-refractivity contribution >= 4 is 28.6 Å². The predicted octanol–water partition coefficient (Wildman–Crippen LogP) is 1.67. The Kier molecular flexibility index (Phi) is 4.73. The third-order valence-corrected chi connectivity index (χ3v) is 3.18. The van der Waals surface area contributed by atoms with Crippen molar-refractivity contribution in [2.75, 3.05) is 0 Å². The van der Waals surface area contributed by atoms with Gasteiger partial charge < -0.3 is 15.6 Å². The first-order chi connectivity index (χ1) is 8.24. The van der Waals surface area contributed by atoms with Crippen molar-refractivity contribution in [3.05, 3.63) is 21.0 Å². The fourth-order valence-electron chi connectivity index (χ4n) is 1.22. The van der Waals surface area contributed by atoms with Crippen molar-refractivity contribution < 1.29 is 27.8 Å². The number of carboxylic acid groups (broad SMARTS) is 1. The second kappa shape index (κ2) is 5.69. The van der Waals surface area contributed by atoms with E-state index in [4.69, 9.17) is 10.8 Å². The Labute approximate surface area is 113 Å². The molecule has 9 heteroatoms. The van der Waals surface area contributed by atoms with Gasteiger partial charge in [-0.15, -0.1) is 13.2 Å². The minimum atomic E-state index is -4.84. The number of aliphatic carboxylic acids is 1. The monoisotopic (exact) mass is 376 g/mol. The van der Waals surface area contributed by atoms with E-state index in [-0.39, 0.29) is 21.4 Å². The highest BCUT2D eigenvalue weighted by Crippen LogP contribution is 2.30. The van der Waals surface area contributed by atoms with E-state index in [0.29, 0.717) is 0 Å². The summed E-state index contributed by atoms with van der Waals surface area (Å²) in [6, 6.07) is 0. The largest absolute Gasteiger partial charge is 0.573 e. The first-order valence-corrected chi connectivity index (χ1v) is 5.66. The summed E-state index contributed by atoms with van der Waals surface area (Å²) in [6.07, 6.45) is -4.41. The number of hydrogen-bond acceptors (Lipinski definition) is 4. The van der Waals surface area contributed by atoms with Gasteiger partial charge in [0.1, 0.15) is 0 Å². The number of aromatic nitrogens is 1. The van der Waals surface area contributed by atoms with Gasteiger partial charge in [-0.25, -0.2) is 0 Å². The van der Waals surface area contributed by atoms with Crippen LogP contribution >= 0.6 is 22.6 Å². The molecule has 0 aliphatic rings. The molecule has 0 aliphatic carbocycles. The second-order valence-corrected chi connectivity index (χ2v) is 4.26. The molecule has 0 saturated heterocycles. The molecule has 1 heterocycles. The summed E-state index contributed by atoms with van der Waals surface area (Å²) in [7, 11) is 0. The van der Waals surface area contributed by atoms with Crippen LogP contribution in [-0.4, -0.2) is 22.4 Å². The molecule has 1 aromatic rings. The van der Waals surface area contributed by atoms with Crippen molar-refractivity contribution in [3.63, 3.8) is 0 Å². The number of alkyl halides is 3. The fraction of sp³-hybridized carbons (Fsp3) is 0.333. The molecule has 5 nitrogen and oxygen atoms in total. The topological polar surface area (TPSA) is 85.4 Å². The Morgan fingerprint density at radius 3 is 2.61 bits per heavy atom. The number of halogens is 4. The average Bonchev–Trinajstić information content (AvgIpc) is 2.20. The van der Waals surface area contributed by atoms with Gasteiger partial charge in [0.15, 0.2) is 5.75 Å². The van der Waals surface area contributed by atoms with Crippen LogP contribution < -0.4 is 10.5 Å². The lowest BCUT2D eigenvalue weighted by Gasteiger charge is -2.14. The quantitative estimate of drug-likeness (QED) is 0.782. The van der Waals surface area contributed by atoms with Gasteiger partial charge in [-0.05, 0) is 22.6 Å². The minimum Gasteiger partial charge on any atom is -0.481 e. The van der Waals surface area contributed by atoms with E-state index in [0.717, 1.165) is 6.20 Å². The summed E-state index contributed by atoms with van der Waals surface area (Å²) in [6.45, 7) is -0.209. The summed E-state index contributed by atoms with van der Waals surface area (Å²) >= 11 is 1.70. The number of carbonyl (C=O) groups is 1. The lowest BCUT2D eigenvalue weighted by atomic mass is 10.2. The van der Waals surface area contributed by atoms with Gasteiger partial charge in [-0.3, -0.25) is 9.78 Å². The van der Waals surface area contributed by atoms with Crippen molar-refractivity contribution in [1.82, 2.24) is 4.98 Å². The number of ether oxygens (including phenoxy) is 1. The van der Waals surface area contributed by atoms with Crippen molar-refractivity contribution in [1.29, 1.82) is 0 Å². The summed E-state index contributed by atoms with van der Waals surface area (Å²) < 4.78 is 40.4. The molecule has 0 unspecified atom stereocenters. The minimum absolute atomic E-state index is 0.0826. The summed E-state index contributed by atoms with van der Waals surface area (Å²) in [5.41, 5.74) is 5.58. The molecule has 1 aromatic heterocycles. The lowest BCUT2D eigenvalue weighted by Crippen LogP contribution is -2.20. The maximum absolute atomic E-state index is 12.1. The first-order valence-electron chi connectivity index (χ1n) is 4.58. The van der Waals surface area contributed by atoms with Crippen LogP contribution in [0.2, 0.25) is 0 Å². The molecular formula is C9H8F3IN2O3. The maximum Gasteiger partial charge on any atom is 0.573 e. The number of nitrogens with two attached hydrogens (primary N) is 1. The van der Waals surface area contributed by atoms with Gasteiger partial charge >= 0.3 is 12.3 Å². The van der Waals surface area contributed by atoms with Gasteiger partial charge in [-0.2, -0.15) is 0 Å². The van der Waals surface area contributed by atoms with Crippen molar-refractivity contribution in [3.8, 4) is 5.75 Å². The SMILES string of the molecule is NCc1c(OC(F)(F)F)cnc(CC(=O)O)c1I. The van der Waals surface area contributed by atoms with Gasteiger partial charge in [0.25, 0.3) is 0 Å². The highest BCUT2D eigenvalue weighted by molar-refractivity contribution is 14.1. The summed E-state index contributed by atoms with van der Waals surface area (Å²) in [5, 5.41) is 8.62. The molecule has 0 amide bonds. The first kappa shape index (κ1) is 15.0. The molecule has 3 N–H and O–H groups in total.